The van der Waals surface area contributed by atoms with Gasteiger partial charge in [-0.1, -0.05) is 111 Å². The standard InChI is InChI=1S/C44H31NO2/c1-43(2)39-24-27(26-45)12-20-37(39)40-35-10-6-7-11-36(35)42-38(41(40)43)22-23-44(47-42,30-15-18-32(46-3)19-16-30)31-17-21-34-29(25-31)14-13-28-8-4-5-9-33(28)34/h4-25H,1-3H3. The van der Waals surface area contributed by atoms with E-state index >= 15 is 0 Å². The number of fused-ring (bicyclic) bond motifs is 11. The van der Waals surface area contributed by atoms with Gasteiger partial charge in [0.05, 0.1) is 18.7 Å². The molecule has 9 rings (SSSR count). The summed E-state index contributed by atoms with van der Waals surface area (Å²) >= 11 is 0. The first-order chi connectivity index (χ1) is 22.9. The zero-order valence-corrected chi connectivity index (χ0v) is 26.5. The third-order valence-electron chi connectivity index (χ3n) is 10.4. The van der Waals surface area contributed by atoms with Gasteiger partial charge in [0.1, 0.15) is 11.5 Å². The lowest BCUT2D eigenvalue weighted by molar-refractivity contribution is 0.163. The van der Waals surface area contributed by atoms with Crippen LogP contribution in [0.25, 0.3) is 49.5 Å². The number of hydrogen-bond acceptors (Lipinski definition) is 3. The molecule has 1 aliphatic heterocycles. The quantitative estimate of drug-likeness (QED) is 0.188. The maximum absolute atomic E-state index is 9.76. The summed E-state index contributed by atoms with van der Waals surface area (Å²) in [6.45, 7) is 4.53. The maximum Gasteiger partial charge on any atom is 0.178 e. The lowest BCUT2D eigenvalue weighted by Gasteiger charge is -2.38. The van der Waals surface area contributed by atoms with Gasteiger partial charge in [-0.15, -0.1) is 0 Å². The SMILES string of the molecule is COc1ccc(C2(c3ccc4c(ccc5ccccc54)c3)C=Cc3c4c(c5ccccc5c3O2)-c2ccc(C#N)cc2C4(C)C)cc1. The Morgan fingerprint density at radius 2 is 1.38 bits per heavy atom. The number of methoxy groups -OCH3 is 1. The van der Waals surface area contributed by atoms with E-state index in [4.69, 9.17) is 9.47 Å². The molecule has 1 heterocycles. The fraction of sp³-hybridized carbons (Fsp3) is 0.114. The molecule has 1 aliphatic carbocycles. The Morgan fingerprint density at radius 1 is 0.681 bits per heavy atom. The lowest BCUT2D eigenvalue weighted by atomic mass is 9.76. The van der Waals surface area contributed by atoms with Crippen LogP contribution in [0.2, 0.25) is 0 Å². The minimum atomic E-state index is -0.889. The number of rotatable bonds is 3. The summed E-state index contributed by atoms with van der Waals surface area (Å²) in [7, 11) is 1.69. The Bertz CT molecular complexity index is 2520. The van der Waals surface area contributed by atoms with Crippen molar-refractivity contribution < 1.29 is 9.47 Å². The van der Waals surface area contributed by atoms with Crippen LogP contribution >= 0.6 is 0 Å². The predicted molar refractivity (Wildman–Crippen MR) is 191 cm³/mol. The molecule has 0 aromatic heterocycles. The average Bonchev–Trinajstić information content (AvgIpc) is 3.37. The zero-order chi connectivity index (χ0) is 31.9. The molecular weight excluding hydrogens is 574 g/mol. The summed E-state index contributed by atoms with van der Waals surface area (Å²) in [4.78, 5) is 0. The van der Waals surface area contributed by atoms with Crippen molar-refractivity contribution in [1.82, 2.24) is 0 Å². The molecule has 0 bridgehead atoms. The molecule has 3 nitrogen and oxygen atoms in total. The summed E-state index contributed by atoms with van der Waals surface area (Å²) in [5, 5.41) is 16.8. The van der Waals surface area contributed by atoms with Crippen molar-refractivity contribution >= 4 is 38.4 Å². The monoisotopic (exact) mass is 605 g/mol. The van der Waals surface area contributed by atoms with Crippen molar-refractivity contribution in [3.05, 3.63) is 161 Å². The van der Waals surface area contributed by atoms with E-state index in [1.807, 2.05) is 18.2 Å². The molecule has 1 atom stereocenters. The molecule has 224 valence electrons. The van der Waals surface area contributed by atoms with Gasteiger partial charge in [0.2, 0.25) is 0 Å². The maximum atomic E-state index is 9.76. The van der Waals surface area contributed by atoms with Gasteiger partial charge in [-0.2, -0.15) is 5.26 Å². The zero-order valence-electron chi connectivity index (χ0n) is 26.5. The summed E-state index contributed by atoms with van der Waals surface area (Å²) in [5.41, 5.74) is 7.45. The van der Waals surface area contributed by atoms with Crippen LogP contribution in [-0.2, 0) is 11.0 Å². The molecular formula is C44H31NO2. The summed E-state index contributed by atoms with van der Waals surface area (Å²) in [6, 6.07) is 44.9. The normalized spacial score (nSPS) is 17.1. The fourth-order valence-electron chi connectivity index (χ4n) is 8.06. The molecule has 47 heavy (non-hydrogen) atoms. The highest BCUT2D eigenvalue weighted by molar-refractivity contribution is 6.09. The van der Waals surface area contributed by atoms with Gasteiger partial charge in [-0.3, -0.25) is 0 Å². The van der Waals surface area contributed by atoms with Crippen molar-refractivity contribution in [3.8, 4) is 28.7 Å². The predicted octanol–water partition coefficient (Wildman–Crippen LogP) is 10.7. The van der Waals surface area contributed by atoms with E-state index in [-0.39, 0.29) is 5.41 Å². The van der Waals surface area contributed by atoms with Gasteiger partial charge in [-0.25, -0.2) is 0 Å². The van der Waals surface area contributed by atoms with Gasteiger partial charge in [0, 0.05) is 27.5 Å². The van der Waals surface area contributed by atoms with Gasteiger partial charge < -0.3 is 9.47 Å². The second-order valence-electron chi connectivity index (χ2n) is 13.2. The fourth-order valence-corrected chi connectivity index (χ4v) is 8.06. The van der Waals surface area contributed by atoms with Gasteiger partial charge in [0.25, 0.3) is 0 Å². The Kier molecular flexibility index (Phi) is 5.74. The number of benzene rings is 7. The van der Waals surface area contributed by atoms with Crippen LogP contribution in [0.15, 0.2) is 127 Å². The van der Waals surface area contributed by atoms with Crippen molar-refractivity contribution in [3.63, 3.8) is 0 Å². The Labute approximate surface area is 273 Å². The summed E-state index contributed by atoms with van der Waals surface area (Å²) < 4.78 is 13.0. The molecule has 0 fully saturated rings. The molecule has 0 amide bonds. The Balaban J connectivity index is 1.32. The lowest BCUT2D eigenvalue weighted by Crippen LogP contribution is -2.35. The summed E-state index contributed by atoms with van der Waals surface area (Å²) in [6.07, 6.45) is 4.51. The first kappa shape index (κ1) is 27.5. The van der Waals surface area contributed by atoms with Crippen molar-refractivity contribution in [2.24, 2.45) is 0 Å². The third-order valence-corrected chi connectivity index (χ3v) is 10.4. The molecule has 1 unspecified atom stereocenters. The Morgan fingerprint density at radius 3 is 2.17 bits per heavy atom. The highest BCUT2D eigenvalue weighted by Crippen LogP contribution is 2.58. The molecule has 0 spiro atoms. The van der Waals surface area contributed by atoms with Crippen LogP contribution in [0, 0.1) is 11.3 Å². The highest BCUT2D eigenvalue weighted by atomic mass is 16.5. The van der Waals surface area contributed by atoms with Crippen molar-refractivity contribution in [2.75, 3.05) is 7.11 Å². The van der Waals surface area contributed by atoms with Gasteiger partial charge in [-0.05, 0) is 85.6 Å². The van der Waals surface area contributed by atoms with Crippen LogP contribution in [-0.4, -0.2) is 7.11 Å². The first-order valence-electron chi connectivity index (χ1n) is 16.0. The highest BCUT2D eigenvalue weighted by Gasteiger charge is 2.44. The smallest absolute Gasteiger partial charge is 0.178 e. The Hall–Kier alpha value is -5.85. The van der Waals surface area contributed by atoms with Crippen LogP contribution in [0.4, 0.5) is 0 Å². The van der Waals surface area contributed by atoms with E-state index in [1.54, 1.807) is 7.11 Å². The van der Waals surface area contributed by atoms with E-state index in [1.165, 1.54) is 43.8 Å². The third kappa shape index (κ3) is 3.79. The van der Waals surface area contributed by atoms with E-state index in [0.29, 0.717) is 5.56 Å². The van der Waals surface area contributed by atoms with Gasteiger partial charge >= 0.3 is 0 Å². The number of ether oxygens (including phenoxy) is 2. The molecule has 7 aromatic carbocycles. The van der Waals surface area contributed by atoms with Crippen LogP contribution < -0.4 is 9.47 Å². The second kappa shape index (κ2) is 9.82. The minimum absolute atomic E-state index is 0.330. The first-order valence-corrected chi connectivity index (χ1v) is 16.0. The van der Waals surface area contributed by atoms with Crippen LogP contribution in [0.3, 0.4) is 0 Å². The van der Waals surface area contributed by atoms with E-state index < -0.39 is 5.60 Å². The summed E-state index contributed by atoms with van der Waals surface area (Å²) in [5.74, 6) is 1.67. The minimum Gasteiger partial charge on any atom is -0.497 e. The number of nitrogens with zero attached hydrogens (tertiary/aromatic N) is 1. The van der Waals surface area contributed by atoms with Gasteiger partial charge in [0.15, 0.2) is 5.60 Å². The molecule has 0 saturated heterocycles. The van der Waals surface area contributed by atoms with E-state index in [2.05, 4.69) is 135 Å². The number of nitriles is 1. The van der Waals surface area contributed by atoms with Crippen molar-refractivity contribution in [2.45, 2.75) is 24.9 Å². The molecule has 3 heteroatoms. The van der Waals surface area contributed by atoms with Crippen LogP contribution in [0.1, 0.15) is 47.2 Å². The van der Waals surface area contributed by atoms with E-state index in [0.717, 1.165) is 39.0 Å². The molecule has 7 aromatic rings. The molecule has 0 saturated carbocycles. The molecule has 2 aliphatic rings. The second-order valence-corrected chi connectivity index (χ2v) is 13.2. The molecule has 0 radical (unpaired) electrons. The molecule has 0 N–H and O–H groups in total. The largest absolute Gasteiger partial charge is 0.497 e. The van der Waals surface area contributed by atoms with E-state index in [9.17, 15) is 5.26 Å². The average molecular weight is 606 g/mol. The topological polar surface area (TPSA) is 42.2 Å². The van der Waals surface area contributed by atoms with Crippen LogP contribution in [0.5, 0.6) is 11.5 Å². The van der Waals surface area contributed by atoms with Crippen molar-refractivity contribution in [1.29, 1.82) is 5.26 Å². The number of hydrogen-bond donors (Lipinski definition) is 0.